The minimum absolute atomic E-state index is 0.330. The fraction of sp³-hybridized carbons (Fsp3) is 0.353. The first-order valence-corrected chi connectivity index (χ1v) is 7.82. The number of aromatic nitrogens is 2. The maximum Gasteiger partial charge on any atom is 0.340 e. The molecule has 0 saturated carbocycles. The highest BCUT2D eigenvalue weighted by atomic mass is 16.5. The van der Waals surface area contributed by atoms with Crippen LogP contribution in [-0.2, 0) is 9.47 Å². The van der Waals surface area contributed by atoms with Crippen LogP contribution in [0.15, 0.2) is 36.7 Å². The molecule has 7 heteroatoms. The number of methoxy groups -OCH3 is 1. The normalized spacial score (nSPS) is 10.2. The SMILES string of the molecule is CCOC(=O)c1ccccc1Nc1cc(NCCCOC)ncn1. The van der Waals surface area contributed by atoms with E-state index in [-0.39, 0.29) is 5.97 Å². The number of esters is 1. The van der Waals surface area contributed by atoms with Crippen molar-refractivity contribution < 1.29 is 14.3 Å². The molecule has 0 spiro atoms. The van der Waals surface area contributed by atoms with Crippen LogP contribution in [0.2, 0.25) is 0 Å². The van der Waals surface area contributed by atoms with Gasteiger partial charge in [0.2, 0.25) is 0 Å². The first-order valence-electron chi connectivity index (χ1n) is 7.82. The average molecular weight is 330 g/mol. The summed E-state index contributed by atoms with van der Waals surface area (Å²) in [6.45, 7) is 3.55. The number of rotatable bonds is 9. The lowest BCUT2D eigenvalue weighted by Gasteiger charge is -2.11. The Kier molecular flexibility index (Phi) is 6.97. The van der Waals surface area contributed by atoms with E-state index in [0.29, 0.717) is 36.1 Å². The van der Waals surface area contributed by atoms with Gasteiger partial charge in [0.1, 0.15) is 18.0 Å². The van der Waals surface area contributed by atoms with Crippen molar-refractivity contribution in [3.63, 3.8) is 0 Å². The molecular formula is C17H22N4O3. The Balaban J connectivity index is 2.07. The first kappa shape index (κ1) is 17.7. The predicted octanol–water partition coefficient (Wildman–Crippen LogP) is 2.85. The highest BCUT2D eigenvalue weighted by molar-refractivity contribution is 5.96. The standard InChI is InChI=1S/C17H22N4O3/c1-3-24-17(22)13-7-4-5-8-14(13)21-16-11-15(19-12-20-16)18-9-6-10-23-2/h4-5,7-8,11-12H,3,6,9-10H2,1-2H3,(H2,18,19,20,21). The number of hydrogen-bond acceptors (Lipinski definition) is 7. The first-order chi connectivity index (χ1) is 11.7. The maximum absolute atomic E-state index is 12.0. The molecule has 0 amide bonds. The van der Waals surface area contributed by atoms with E-state index in [0.717, 1.165) is 13.0 Å². The summed E-state index contributed by atoms with van der Waals surface area (Å²) in [5, 5.41) is 6.34. The second-order valence-corrected chi connectivity index (χ2v) is 4.95. The number of nitrogens with zero attached hydrogens (tertiary/aromatic N) is 2. The van der Waals surface area contributed by atoms with E-state index in [4.69, 9.17) is 9.47 Å². The predicted molar refractivity (Wildman–Crippen MR) is 92.7 cm³/mol. The third-order valence-corrected chi connectivity index (χ3v) is 3.18. The lowest BCUT2D eigenvalue weighted by atomic mass is 10.2. The molecule has 0 fully saturated rings. The number of nitrogens with one attached hydrogen (secondary N) is 2. The summed E-state index contributed by atoms with van der Waals surface area (Å²) >= 11 is 0. The number of benzene rings is 1. The molecule has 24 heavy (non-hydrogen) atoms. The molecule has 1 aromatic heterocycles. The van der Waals surface area contributed by atoms with Crippen LogP contribution in [0.25, 0.3) is 0 Å². The maximum atomic E-state index is 12.0. The summed E-state index contributed by atoms with van der Waals surface area (Å²) in [4.78, 5) is 20.4. The van der Waals surface area contributed by atoms with Gasteiger partial charge in [-0.15, -0.1) is 0 Å². The van der Waals surface area contributed by atoms with Crippen molar-refractivity contribution in [2.24, 2.45) is 0 Å². The van der Waals surface area contributed by atoms with Gasteiger partial charge in [-0.25, -0.2) is 14.8 Å². The van der Waals surface area contributed by atoms with Gasteiger partial charge >= 0.3 is 5.97 Å². The van der Waals surface area contributed by atoms with Crippen molar-refractivity contribution in [3.05, 3.63) is 42.2 Å². The molecule has 0 unspecified atom stereocenters. The van der Waals surface area contributed by atoms with E-state index in [1.54, 1.807) is 38.3 Å². The van der Waals surface area contributed by atoms with E-state index in [1.807, 2.05) is 6.07 Å². The topological polar surface area (TPSA) is 85.4 Å². The van der Waals surface area contributed by atoms with Gasteiger partial charge in [-0.05, 0) is 25.5 Å². The summed E-state index contributed by atoms with van der Waals surface area (Å²) in [5.74, 6) is 0.931. The average Bonchev–Trinajstić information content (AvgIpc) is 2.60. The van der Waals surface area contributed by atoms with Gasteiger partial charge in [-0.3, -0.25) is 0 Å². The number of ether oxygens (including phenoxy) is 2. The molecule has 0 bridgehead atoms. The summed E-state index contributed by atoms with van der Waals surface area (Å²) < 4.78 is 10.1. The molecule has 0 atom stereocenters. The van der Waals surface area contributed by atoms with Gasteiger partial charge in [0.15, 0.2) is 0 Å². The van der Waals surface area contributed by atoms with Crippen molar-refractivity contribution in [1.82, 2.24) is 9.97 Å². The van der Waals surface area contributed by atoms with Gasteiger partial charge in [-0.2, -0.15) is 0 Å². The van der Waals surface area contributed by atoms with Crippen LogP contribution in [0, 0.1) is 0 Å². The molecule has 128 valence electrons. The van der Waals surface area contributed by atoms with E-state index in [9.17, 15) is 4.79 Å². The Bertz CT molecular complexity index is 664. The molecule has 0 aliphatic rings. The number of anilines is 3. The van der Waals surface area contributed by atoms with Crippen LogP contribution >= 0.6 is 0 Å². The highest BCUT2D eigenvalue weighted by Crippen LogP contribution is 2.21. The lowest BCUT2D eigenvalue weighted by molar-refractivity contribution is 0.0527. The van der Waals surface area contributed by atoms with Crippen molar-refractivity contribution in [3.8, 4) is 0 Å². The van der Waals surface area contributed by atoms with Gasteiger partial charge in [0, 0.05) is 26.3 Å². The van der Waals surface area contributed by atoms with Gasteiger partial charge in [0.05, 0.1) is 17.9 Å². The van der Waals surface area contributed by atoms with E-state index >= 15 is 0 Å². The molecule has 0 saturated heterocycles. The number of carbonyl (C=O) groups is 1. The molecule has 7 nitrogen and oxygen atoms in total. The van der Waals surface area contributed by atoms with E-state index in [2.05, 4.69) is 20.6 Å². The Morgan fingerprint density at radius 3 is 2.79 bits per heavy atom. The molecule has 2 aromatic rings. The summed E-state index contributed by atoms with van der Waals surface area (Å²) in [6, 6.07) is 8.94. The minimum atomic E-state index is -0.368. The largest absolute Gasteiger partial charge is 0.462 e. The summed E-state index contributed by atoms with van der Waals surface area (Å²) in [6.07, 6.45) is 2.35. The third-order valence-electron chi connectivity index (χ3n) is 3.18. The lowest BCUT2D eigenvalue weighted by Crippen LogP contribution is -2.09. The fourth-order valence-electron chi connectivity index (χ4n) is 2.07. The quantitative estimate of drug-likeness (QED) is 0.540. The number of para-hydroxylation sites is 1. The number of hydrogen-bond donors (Lipinski definition) is 2. The second kappa shape index (κ2) is 9.46. The van der Waals surface area contributed by atoms with Gasteiger partial charge in [-0.1, -0.05) is 12.1 Å². The zero-order chi connectivity index (χ0) is 17.2. The van der Waals surface area contributed by atoms with Gasteiger partial charge in [0.25, 0.3) is 0 Å². The second-order valence-electron chi connectivity index (χ2n) is 4.95. The Morgan fingerprint density at radius 2 is 2.00 bits per heavy atom. The van der Waals surface area contributed by atoms with Gasteiger partial charge < -0.3 is 20.1 Å². The Morgan fingerprint density at radius 1 is 1.21 bits per heavy atom. The van der Waals surface area contributed by atoms with Crippen LogP contribution in [0.4, 0.5) is 17.3 Å². The molecule has 2 N–H and O–H groups in total. The van der Waals surface area contributed by atoms with Crippen LogP contribution in [0.3, 0.4) is 0 Å². The van der Waals surface area contributed by atoms with Crippen LogP contribution in [0.1, 0.15) is 23.7 Å². The highest BCUT2D eigenvalue weighted by Gasteiger charge is 2.12. The molecule has 0 radical (unpaired) electrons. The molecule has 1 aromatic carbocycles. The summed E-state index contributed by atoms with van der Waals surface area (Å²) in [5.41, 5.74) is 1.10. The van der Waals surface area contributed by atoms with E-state index in [1.165, 1.54) is 6.33 Å². The smallest absolute Gasteiger partial charge is 0.340 e. The Hall–Kier alpha value is -2.67. The molecule has 1 heterocycles. The van der Waals surface area contributed by atoms with E-state index < -0.39 is 0 Å². The molecular weight excluding hydrogens is 308 g/mol. The fourth-order valence-corrected chi connectivity index (χ4v) is 2.07. The zero-order valence-electron chi connectivity index (χ0n) is 13.9. The van der Waals surface area contributed by atoms with Crippen molar-refractivity contribution in [1.29, 1.82) is 0 Å². The minimum Gasteiger partial charge on any atom is -0.462 e. The third kappa shape index (κ3) is 5.20. The van der Waals surface area contributed by atoms with Crippen LogP contribution in [-0.4, -0.2) is 42.8 Å². The van der Waals surface area contributed by atoms with Crippen molar-refractivity contribution in [2.45, 2.75) is 13.3 Å². The summed E-state index contributed by atoms with van der Waals surface area (Å²) in [7, 11) is 1.67. The van der Waals surface area contributed by atoms with Crippen molar-refractivity contribution in [2.75, 3.05) is 37.5 Å². The van der Waals surface area contributed by atoms with Crippen LogP contribution < -0.4 is 10.6 Å². The molecule has 0 aliphatic carbocycles. The molecule has 0 aliphatic heterocycles. The van der Waals surface area contributed by atoms with Crippen LogP contribution in [0.5, 0.6) is 0 Å². The zero-order valence-corrected chi connectivity index (χ0v) is 13.9. The molecule has 2 rings (SSSR count). The number of carbonyl (C=O) groups excluding carboxylic acids is 1. The van der Waals surface area contributed by atoms with Crippen molar-refractivity contribution >= 4 is 23.3 Å². The Labute approximate surface area is 141 Å². The monoisotopic (exact) mass is 330 g/mol.